The molecule has 0 unspecified atom stereocenters. The molecule has 0 aliphatic rings. The molecule has 2 atom stereocenters. The van der Waals surface area contributed by atoms with Gasteiger partial charge in [0, 0.05) is 19.1 Å². The van der Waals surface area contributed by atoms with Gasteiger partial charge in [-0.1, -0.05) is 61.5 Å². The van der Waals surface area contributed by atoms with Crippen LogP contribution in [-0.2, 0) is 13.0 Å². The van der Waals surface area contributed by atoms with Crippen LogP contribution in [0.25, 0.3) is 0 Å². The molecule has 0 saturated heterocycles. The summed E-state index contributed by atoms with van der Waals surface area (Å²) in [6.07, 6.45) is 1.46. The molecule has 0 aliphatic heterocycles. The maximum absolute atomic E-state index is 10.5. The highest BCUT2D eigenvalue weighted by molar-refractivity contribution is 5.25. The Balaban J connectivity index is 2.02. The minimum absolute atomic E-state index is 0.338. The Morgan fingerprint density at radius 2 is 1.65 bits per heavy atom. The van der Waals surface area contributed by atoms with Gasteiger partial charge in [-0.2, -0.15) is 0 Å². The number of aryl methyl sites for hydroxylation is 1. The Bertz CT molecular complexity index is 581. The molecule has 2 rings (SSSR count). The molecule has 2 aromatic carbocycles. The fraction of sp³-hybridized carbons (Fsp3) is 0.429. The number of aliphatic hydroxyl groups is 1. The summed E-state index contributed by atoms with van der Waals surface area (Å²) in [4.78, 5) is 2.40. The molecule has 0 saturated carbocycles. The van der Waals surface area contributed by atoms with E-state index in [-0.39, 0.29) is 6.10 Å². The maximum atomic E-state index is 10.5. The lowest BCUT2D eigenvalue weighted by atomic mass is 10.0. The van der Waals surface area contributed by atoms with Crippen LogP contribution in [0.15, 0.2) is 54.6 Å². The first kappa shape index (κ1) is 17.7. The van der Waals surface area contributed by atoms with Crippen LogP contribution in [0.1, 0.15) is 37.0 Å². The Hall–Kier alpha value is -1.64. The summed E-state index contributed by atoms with van der Waals surface area (Å²) < 4.78 is 0. The fourth-order valence-corrected chi connectivity index (χ4v) is 2.89. The molecule has 0 aromatic heterocycles. The standard InChI is InChI=1S/C21H29NO/c1-4-18(3)22(15-20-13-9-8-10-17(20)2)16-21(23)14-19-11-6-5-7-12-19/h5-13,18,21,23H,4,14-16H2,1-3H3/t18-,21-/m0/s1. The van der Waals surface area contributed by atoms with Crippen molar-refractivity contribution in [2.75, 3.05) is 6.54 Å². The summed E-state index contributed by atoms with van der Waals surface area (Å²) in [7, 11) is 0. The van der Waals surface area contributed by atoms with Gasteiger partial charge in [0.2, 0.25) is 0 Å². The summed E-state index contributed by atoms with van der Waals surface area (Å²) >= 11 is 0. The van der Waals surface area contributed by atoms with E-state index in [0.29, 0.717) is 19.0 Å². The number of hydrogen-bond donors (Lipinski definition) is 1. The molecule has 124 valence electrons. The van der Waals surface area contributed by atoms with Gasteiger partial charge >= 0.3 is 0 Å². The van der Waals surface area contributed by atoms with E-state index < -0.39 is 0 Å². The summed E-state index contributed by atoms with van der Waals surface area (Å²) in [6, 6.07) is 19.2. The predicted octanol–water partition coefficient (Wildman–Crippen LogP) is 4.20. The van der Waals surface area contributed by atoms with Crippen molar-refractivity contribution >= 4 is 0 Å². The van der Waals surface area contributed by atoms with Crippen LogP contribution in [0.2, 0.25) is 0 Å². The molecule has 1 N–H and O–H groups in total. The van der Waals surface area contributed by atoms with Gasteiger partial charge in [-0.05, 0) is 43.4 Å². The van der Waals surface area contributed by atoms with Gasteiger partial charge in [0.05, 0.1) is 6.10 Å². The van der Waals surface area contributed by atoms with Crippen LogP contribution in [-0.4, -0.2) is 28.7 Å². The molecule has 23 heavy (non-hydrogen) atoms. The van der Waals surface area contributed by atoms with Crippen LogP contribution in [0.4, 0.5) is 0 Å². The van der Waals surface area contributed by atoms with Gasteiger partial charge in [-0.3, -0.25) is 4.90 Å². The van der Waals surface area contributed by atoms with E-state index in [1.54, 1.807) is 0 Å². The number of hydrogen-bond acceptors (Lipinski definition) is 2. The summed E-state index contributed by atoms with van der Waals surface area (Å²) in [6.45, 7) is 8.21. The first-order valence-corrected chi connectivity index (χ1v) is 8.60. The fourth-order valence-electron chi connectivity index (χ4n) is 2.89. The van der Waals surface area contributed by atoms with Crippen molar-refractivity contribution in [3.8, 4) is 0 Å². The molecular formula is C21H29NO. The largest absolute Gasteiger partial charge is 0.391 e. The second kappa shape index (κ2) is 8.85. The van der Waals surface area contributed by atoms with Crippen LogP contribution in [0.5, 0.6) is 0 Å². The van der Waals surface area contributed by atoms with Crippen molar-refractivity contribution in [3.05, 3.63) is 71.3 Å². The molecule has 0 bridgehead atoms. The number of nitrogens with zero attached hydrogens (tertiary/aromatic N) is 1. The van der Waals surface area contributed by atoms with Crippen LogP contribution >= 0.6 is 0 Å². The highest BCUT2D eigenvalue weighted by Crippen LogP contribution is 2.15. The molecule has 0 radical (unpaired) electrons. The Kier molecular flexibility index (Phi) is 6.82. The topological polar surface area (TPSA) is 23.5 Å². The van der Waals surface area contributed by atoms with Crippen molar-refractivity contribution in [1.82, 2.24) is 4.90 Å². The maximum Gasteiger partial charge on any atom is 0.0707 e. The Morgan fingerprint density at radius 3 is 2.30 bits per heavy atom. The van der Waals surface area contributed by atoms with E-state index in [9.17, 15) is 5.11 Å². The summed E-state index contributed by atoms with van der Waals surface area (Å²) in [5.41, 5.74) is 3.86. The molecule has 0 fully saturated rings. The van der Waals surface area contributed by atoms with Crippen molar-refractivity contribution < 1.29 is 5.11 Å². The Morgan fingerprint density at radius 1 is 1.00 bits per heavy atom. The molecule has 0 heterocycles. The van der Waals surface area contributed by atoms with Gasteiger partial charge in [0.25, 0.3) is 0 Å². The number of benzene rings is 2. The zero-order valence-electron chi connectivity index (χ0n) is 14.6. The second-order valence-corrected chi connectivity index (χ2v) is 6.46. The average Bonchev–Trinajstić information content (AvgIpc) is 2.56. The quantitative estimate of drug-likeness (QED) is 0.790. The van der Waals surface area contributed by atoms with Crippen molar-refractivity contribution in [3.63, 3.8) is 0 Å². The molecule has 0 spiro atoms. The van der Waals surface area contributed by atoms with E-state index in [1.807, 2.05) is 18.2 Å². The van der Waals surface area contributed by atoms with Gasteiger partial charge in [-0.25, -0.2) is 0 Å². The number of aliphatic hydroxyl groups excluding tert-OH is 1. The first-order valence-electron chi connectivity index (χ1n) is 8.60. The molecular weight excluding hydrogens is 282 g/mol. The van der Waals surface area contributed by atoms with Crippen molar-refractivity contribution in [2.45, 2.75) is 52.3 Å². The lowest BCUT2D eigenvalue weighted by Crippen LogP contribution is -2.39. The first-order chi connectivity index (χ1) is 11.1. The Labute approximate surface area is 140 Å². The highest BCUT2D eigenvalue weighted by atomic mass is 16.3. The third-order valence-corrected chi connectivity index (χ3v) is 4.61. The lowest BCUT2D eigenvalue weighted by Gasteiger charge is -2.31. The monoisotopic (exact) mass is 311 g/mol. The molecule has 0 aliphatic carbocycles. The zero-order chi connectivity index (χ0) is 16.7. The highest BCUT2D eigenvalue weighted by Gasteiger charge is 2.18. The van der Waals surface area contributed by atoms with Crippen LogP contribution in [0.3, 0.4) is 0 Å². The molecule has 2 heteroatoms. The van der Waals surface area contributed by atoms with E-state index in [4.69, 9.17) is 0 Å². The molecule has 2 nitrogen and oxygen atoms in total. The smallest absolute Gasteiger partial charge is 0.0707 e. The zero-order valence-corrected chi connectivity index (χ0v) is 14.6. The molecule has 0 amide bonds. The van der Waals surface area contributed by atoms with Gasteiger partial charge in [0.1, 0.15) is 0 Å². The molecule has 2 aromatic rings. The predicted molar refractivity (Wildman–Crippen MR) is 97.5 cm³/mol. The van der Waals surface area contributed by atoms with Crippen molar-refractivity contribution in [1.29, 1.82) is 0 Å². The summed E-state index contributed by atoms with van der Waals surface area (Å²) in [5, 5.41) is 10.5. The lowest BCUT2D eigenvalue weighted by molar-refractivity contribution is 0.0848. The minimum Gasteiger partial charge on any atom is -0.391 e. The van der Waals surface area contributed by atoms with Gasteiger partial charge < -0.3 is 5.11 Å². The van der Waals surface area contributed by atoms with Crippen molar-refractivity contribution in [2.24, 2.45) is 0 Å². The summed E-state index contributed by atoms with van der Waals surface area (Å²) in [5.74, 6) is 0. The van der Waals surface area contributed by atoms with Gasteiger partial charge in [0.15, 0.2) is 0 Å². The van der Waals surface area contributed by atoms with E-state index >= 15 is 0 Å². The average molecular weight is 311 g/mol. The van der Waals surface area contributed by atoms with Crippen LogP contribution < -0.4 is 0 Å². The third kappa shape index (κ3) is 5.49. The van der Waals surface area contributed by atoms with Gasteiger partial charge in [-0.15, -0.1) is 0 Å². The van der Waals surface area contributed by atoms with Crippen LogP contribution in [0, 0.1) is 6.92 Å². The third-order valence-electron chi connectivity index (χ3n) is 4.61. The van der Waals surface area contributed by atoms with E-state index in [0.717, 1.165) is 13.0 Å². The SMILES string of the molecule is CC[C@H](C)N(Cc1ccccc1C)C[C@@H](O)Cc1ccccc1. The minimum atomic E-state index is -0.338. The van der Waals surface area contributed by atoms with E-state index in [1.165, 1.54) is 16.7 Å². The normalized spacial score (nSPS) is 14.0. The number of rotatable bonds is 8. The van der Waals surface area contributed by atoms with E-state index in [2.05, 4.69) is 62.1 Å². The second-order valence-electron chi connectivity index (χ2n) is 6.46.